The van der Waals surface area contributed by atoms with E-state index in [9.17, 15) is 0 Å². The van der Waals surface area contributed by atoms with Crippen LogP contribution in [-0.2, 0) is 12.8 Å². The molecule has 0 bridgehead atoms. The Balaban J connectivity index is 0.00000147. The van der Waals surface area contributed by atoms with E-state index >= 15 is 0 Å². The van der Waals surface area contributed by atoms with Crippen molar-refractivity contribution < 1.29 is 4.74 Å². The van der Waals surface area contributed by atoms with Gasteiger partial charge in [-0.1, -0.05) is 29.8 Å². The van der Waals surface area contributed by atoms with E-state index in [4.69, 9.17) is 16.3 Å². The Morgan fingerprint density at radius 1 is 1.05 bits per heavy atom. The second kappa shape index (κ2) is 6.49. The molecule has 4 heteroatoms. The average molecular weight is 310 g/mol. The molecule has 0 spiro atoms. The predicted molar refractivity (Wildman–Crippen MR) is 85.5 cm³/mol. The molecule has 0 aromatic heterocycles. The third kappa shape index (κ3) is 3.09. The predicted octanol–water partition coefficient (Wildman–Crippen LogP) is 4.24. The van der Waals surface area contributed by atoms with Gasteiger partial charge in [0.2, 0.25) is 0 Å². The SMILES string of the molecule is CNC1Cc2ccccc2Oc2ccc(Cl)cc2C1.Cl. The number of likely N-dealkylation sites (N-methyl/N-ethyl adjacent to an activating group) is 1. The molecule has 1 aliphatic heterocycles. The van der Waals surface area contributed by atoms with E-state index in [1.165, 1.54) is 5.56 Å². The molecule has 1 aliphatic rings. The van der Waals surface area contributed by atoms with Crippen molar-refractivity contribution in [3.63, 3.8) is 0 Å². The molecule has 0 amide bonds. The summed E-state index contributed by atoms with van der Waals surface area (Å²) < 4.78 is 6.04. The summed E-state index contributed by atoms with van der Waals surface area (Å²) in [6.45, 7) is 0. The summed E-state index contributed by atoms with van der Waals surface area (Å²) >= 11 is 6.09. The maximum Gasteiger partial charge on any atom is 0.130 e. The van der Waals surface area contributed by atoms with Gasteiger partial charge in [-0.3, -0.25) is 0 Å². The quantitative estimate of drug-likeness (QED) is 0.850. The highest BCUT2D eigenvalue weighted by molar-refractivity contribution is 6.30. The Morgan fingerprint density at radius 2 is 1.75 bits per heavy atom. The molecule has 2 aromatic rings. The van der Waals surface area contributed by atoms with Gasteiger partial charge < -0.3 is 10.1 Å². The van der Waals surface area contributed by atoms with E-state index in [0.717, 1.165) is 34.9 Å². The highest BCUT2D eigenvalue weighted by Crippen LogP contribution is 2.33. The first kappa shape index (κ1) is 15.2. The molecule has 1 unspecified atom stereocenters. The summed E-state index contributed by atoms with van der Waals surface area (Å²) in [4.78, 5) is 0. The fraction of sp³-hybridized carbons (Fsp3) is 0.250. The molecule has 106 valence electrons. The molecule has 3 rings (SSSR count). The standard InChI is InChI=1S/C16H16ClNO.ClH/c1-18-14-9-11-4-2-3-5-15(11)19-16-7-6-13(17)8-12(16)10-14;/h2-8,14,18H,9-10H2,1H3;1H. The lowest BCUT2D eigenvalue weighted by molar-refractivity contribution is 0.441. The monoisotopic (exact) mass is 309 g/mol. The smallest absolute Gasteiger partial charge is 0.130 e. The van der Waals surface area contributed by atoms with Crippen LogP contribution >= 0.6 is 24.0 Å². The molecule has 0 radical (unpaired) electrons. The fourth-order valence-corrected chi connectivity index (χ4v) is 2.70. The zero-order valence-electron chi connectivity index (χ0n) is 11.2. The van der Waals surface area contributed by atoms with Gasteiger partial charge in [0.1, 0.15) is 11.5 Å². The van der Waals surface area contributed by atoms with Crippen LogP contribution in [0, 0.1) is 0 Å². The van der Waals surface area contributed by atoms with Gasteiger partial charge in [-0.25, -0.2) is 0 Å². The number of halogens is 2. The summed E-state index contributed by atoms with van der Waals surface area (Å²) in [5, 5.41) is 4.13. The second-order valence-electron chi connectivity index (χ2n) is 4.86. The average Bonchev–Trinajstić information content (AvgIpc) is 2.40. The Kier molecular flexibility index (Phi) is 4.92. The normalized spacial score (nSPS) is 16.8. The molecule has 2 nitrogen and oxygen atoms in total. The third-order valence-electron chi connectivity index (χ3n) is 3.56. The summed E-state index contributed by atoms with van der Waals surface area (Å²) in [6.07, 6.45) is 1.87. The first-order valence-corrected chi connectivity index (χ1v) is 6.85. The molecular formula is C16H17Cl2NO. The number of rotatable bonds is 1. The van der Waals surface area contributed by atoms with Crippen molar-refractivity contribution >= 4 is 24.0 Å². The van der Waals surface area contributed by atoms with Crippen molar-refractivity contribution in [2.45, 2.75) is 18.9 Å². The Bertz CT molecular complexity index is 601. The summed E-state index contributed by atoms with van der Waals surface area (Å²) in [5.74, 6) is 1.84. The molecule has 20 heavy (non-hydrogen) atoms. The highest BCUT2D eigenvalue weighted by atomic mass is 35.5. The van der Waals surface area contributed by atoms with E-state index in [1.54, 1.807) is 0 Å². The van der Waals surface area contributed by atoms with E-state index in [1.807, 2.05) is 37.4 Å². The number of ether oxygens (including phenoxy) is 1. The van der Waals surface area contributed by atoms with E-state index < -0.39 is 0 Å². The lowest BCUT2D eigenvalue weighted by Gasteiger charge is -2.24. The molecule has 1 heterocycles. The third-order valence-corrected chi connectivity index (χ3v) is 3.79. The first-order chi connectivity index (χ1) is 9.26. The van der Waals surface area contributed by atoms with Crippen LogP contribution in [-0.4, -0.2) is 13.1 Å². The van der Waals surface area contributed by atoms with Crippen molar-refractivity contribution in [1.29, 1.82) is 0 Å². The lowest BCUT2D eigenvalue weighted by atomic mass is 9.96. The summed E-state index contributed by atoms with van der Waals surface area (Å²) in [7, 11) is 2.00. The molecule has 0 saturated heterocycles. The van der Waals surface area contributed by atoms with Crippen molar-refractivity contribution in [3.05, 3.63) is 58.6 Å². The fourth-order valence-electron chi connectivity index (χ4n) is 2.50. The first-order valence-electron chi connectivity index (χ1n) is 6.47. The van der Waals surface area contributed by atoms with Gasteiger partial charge in [0, 0.05) is 11.1 Å². The number of fused-ring (bicyclic) bond motifs is 2. The Labute approximate surface area is 130 Å². The van der Waals surface area contributed by atoms with Crippen molar-refractivity contribution in [1.82, 2.24) is 5.32 Å². The lowest BCUT2D eigenvalue weighted by Crippen LogP contribution is -2.31. The zero-order chi connectivity index (χ0) is 13.2. The van der Waals surface area contributed by atoms with Crippen LogP contribution in [0.15, 0.2) is 42.5 Å². The van der Waals surface area contributed by atoms with Crippen LogP contribution in [0.4, 0.5) is 0 Å². The zero-order valence-corrected chi connectivity index (χ0v) is 12.8. The molecule has 1 N–H and O–H groups in total. The van der Waals surface area contributed by atoms with Crippen LogP contribution in [0.25, 0.3) is 0 Å². The number of hydrogen-bond donors (Lipinski definition) is 1. The second-order valence-corrected chi connectivity index (χ2v) is 5.29. The van der Waals surface area contributed by atoms with Gasteiger partial charge in [-0.15, -0.1) is 12.4 Å². The molecule has 0 saturated carbocycles. The Morgan fingerprint density at radius 3 is 2.55 bits per heavy atom. The van der Waals surface area contributed by atoms with Crippen molar-refractivity contribution in [3.8, 4) is 11.5 Å². The minimum Gasteiger partial charge on any atom is -0.457 e. The molecule has 2 aromatic carbocycles. The van der Waals surface area contributed by atoms with Gasteiger partial charge in [0.05, 0.1) is 0 Å². The largest absolute Gasteiger partial charge is 0.457 e. The van der Waals surface area contributed by atoms with Gasteiger partial charge in [0.15, 0.2) is 0 Å². The number of para-hydroxylation sites is 1. The number of nitrogens with one attached hydrogen (secondary N) is 1. The van der Waals surface area contributed by atoms with Gasteiger partial charge in [0.25, 0.3) is 0 Å². The minimum atomic E-state index is 0. The Hall–Kier alpha value is -1.22. The maximum absolute atomic E-state index is 6.09. The van der Waals surface area contributed by atoms with E-state index in [2.05, 4.69) is 17.4 Å². The van der Waals surface area contributed by atoms with E-state index in [0.29, 0.717) is 6.04 Å². The van der Waals surface area contributed by atoms with Crippen LogP contribution < -0.4 is 10.1 Å². The van der Waals surface area contributed by atoms with E-state index in [-0.39, 0.29) is 12.4 Å². The van der Waals surface area contributed by atoms with Crippen LogP contribution in [0.5, 0.6) is 11.5 Å². The molecule has 0 aliphatic carbocycles. The van der Waals surface area contributed by atoms with Gasteiger partial charge >= 0.3 is 0 Å². The number of hydrogen-bond acceptors (Lipinski definition) is 2. The maximum atomic E-state index is 6.09. The van der Waals surface area contributed by atoms with Gasteiger partial charge in [-0.2, -0.15) is 0 Å². The van der Waals surface area contributed by atoms with Crippen LogP contribution in [0.1, 0.15) is 11.1 Å². The topological polar surface area (TPSA) is 21.3 Å². The number of benzene rings is 2. The van der Waals surface area contributed by atoms with Gasteiger partial charge in [-0.05, 0) is 55.3 Å². The van der Waals surface area contributed by atoms with Crippen molar-refractivity contribution in [2.24, 2.45) is 0 Å². The van der Waals surface area contributed by atoms with Crippen LogP contribution in [0.3, 0.4) is 0 Å². The molecular weight excluding hydrogens is 293 g/mol. The summed E-state index contributed by atoms with van der Waals surface area (Å²) in [6, 6.07) is 14.4. The summed E-state index contributed by atoms with van der Waals surface area (Å²) in [5.41, 5.74) is 2.39. The van der Waals surface area contributed by atoms with Crippen LogP contribution in [0.2, 0.25) is 5.02 Å². The highest BCUT2D eigenvalue weighted by Gasteiger charge is 2.18. The van der Waals surface area contributed by atoms with Crippen molar-refractivity contribution in [2.75, 3.05) is 7.05 Å². The molecule has 0 fully saturated rings. The minimum absolute atomic E-state index is 0. The molecule has 1 atom stereocenters.